The van der Waals surface area contributed by atoms with E-state index in [9.17, 15) is 0 Å². The zero-order valence-corrected chi connectivity index (χ0v) is 9.76. The van der Waals surface area contributed by atoms with Crippen LogP contribution in [0, 0.1) is 6.92 Å². The first-order chi connectivity index (χ1) is 6.24. The third-order valence-electron chi connectivity index (χ3n) is 2.35. The Labute approximate surface area is 87.1 Å². The van der Waals surface area contributed by atoms with Crippen molar-refractivity contribution in [2.45, 2.75) is 23.4 Å². The standard InChI is InChI=1S/C9H13N2S2/c1-6-10-8(12-3)7-4-5-13-9(7)11(6)2/h4-5H2,1-3H3/q+1. The zero-order chi connectivity index (χ0) is 9.42. The van der Waals surface area contributed by atoms with E-state index in [2.05, 4.69) is 29.8 Å². The number of thioether (sulfide) groups is 2. The molecule has 1 aromatic heterocycles. The molecule has 0 aliphatic carbocycles. The maximum atomic E-state index is 4.58. The predicted molar refractivity (Wildman–Crippen MR) is 56.4 cm³/mol. The summed E-state index contributed by atoms with van der Waals surface area (Å²) in [5, 5.41) is 2.63. The molecule has 1 aromatic rings. The molecule has 0 atom stereocenters. The lowest BCUT2D eigenvalue weighted by molar-refractivity contribution is -0.718. The molecule has 70 valence electrons. The Bertz CT molecular complexity index is 350. The first kappa shape index (κ1) is 9.34. The van der Waals surface area contributed by atoms with Gasteiger partial charge >= 0.3 is 0 Å². The summed E-state index contributed by atoms with van der Waals surface area (Å²) in [7, 11) is 2.10. The van der Waals surface area contributed by atoms with Crippen LogP contribution in [0.2, 0.25) is 0 Å². The molecule has 0 fully saturated rings. The normalized spacial score (nSPS) is 14.7. The van der Waals surface area contributed by atoms with E-state index in [0.717, 1.165) is 5.82 Å². The highest BCUT2D eigenvalue weighted by atomic mass is 32.2. The van der Waals surface area contributed by atoms with Crippen molar-refractivity contribution in [3.8, 4) is 0 Å². The highest BCUT2D eigenvalue weighted by Crippen LogP contribution is 2.33. The number of hydrogen-bond donors (Lipinski definition) is 0. The summed E-state index contributed by atoms with van der Waals surface area (Å²) in [5.74, 6) is 2.32. The largest absolute Gasteiger partial charge is 0.297 e. The highest BCUT2D eigenvalue weighted by molar-refractivity contribution is 8.00. The summed E-state index contributed by atoms with van der Waals surface area (Å²) >= 11 is 3.71. The van der Waals surface area contributed by atoms with E-state index >= 15 is 0 Å². The molecule has 0 saturated carbocycles. The second-order valence-corrected chi connectivity index (χ2v) is 4.99. The summed E-state index contributed by atoms with van der Waals surface area (Å²) in [6.45, 7) is 2.07. The fraction of sp³-hybridized carbons (Fsp3) is 0.556. The van der Waals surface area contributed by atoms with Crippen LogP contribution in [0.5, 0.6) is 0 Å². The van der Waals surface area contributed by atoms with Crippen molar-refractivity contribution in [1.29, 1.82) is 0 Å². The second kappa shape index (κ2) is 3.50. The van der Waals surface area contributed by atoms with Gasteiger partial charge in [-0.3, -0.25) is 0 Å². The molecule has 4 heteroatoms. The van der Waals surface area contributed by atoms with Crippen LogP contribution in [-0.4, -0.2) is 17.0 Å². The third kappa shape index (κ3) is 1.46. The number of fused-ring (bicyclic) bond motifs is 1. The number of nitrogens with zero attached hydrogens (tertiary/aromatic N) is 2. The maximum absolute atomic E-state index is 4.58. The minimum atomic E-state index is 1.11. The Hall–Kier alpha value is -0.220. The molecule has 0 saturated heterocycles. The van der Waals surface area contributed by atoms with Crippen molar-refractivity contribution in [3.05, 3.63) is 11.4 Å². The van der Waals surface area contributed by atoms with Crippen molar-refractivity contribution >= 4 is 23.5 Å². The number of hydrogen-bond acceptors (Lipinski definition) is 3. The molecule has 0 unspecified atom stereocenters. The van der Waals surface area contributed by atoms with Gasteiger partial charge in [-0.25, -0.2) is 4.57 Å². The van der Waals surface area contributed by atoms with Gasteiger partial charge in [0.05, 0.1) is 12.6 Å². The van der Waals surface area contributed by atoms with Gasteiger partial charge in [0, 0.05) is 12.7 Å². The Balaban J connectivity index is 2.64. The molecule has 0 amide bonds. The highest BCUT2D eigenvalue weighted by Gasteiger charge is 2.26. The fourth-order valence-electron chi connectivity index (χ4n) is 1.55. The van der Waals surface area contributed by atoms with Gasteiger partial charge in [0.2, 0.25) is 5.03 Å². The Morgan fingerprint density at radius 3 is 3.00 bits per heavy atom. The third-order valence-corrected chi connectivity index (χ3v) is 4.28. The Morgan fingerprint density at radius 1 is 1.54 bits per heavy atom. The van der Waals surface area contributed by atoms with Gasteiger partial charge in [-0.2, -0.15) is 0 Å². The molecule has 2 rings (SSSR count). The second-order valence-electron chi connectivity index (χ2n) is 3.11. The van der Waals surface area contributed by atoms with Crippen molar-refractivity contribution in [2.24, 2.45) is 7.05 Å². The topological polar surface area (TPSA) is 16.8 Å². The molecule has 0 N–H and O–H groups in total. The quantitative estimate of drug-likeness (QED) is 0.400. The molecule has 2 nitrogen and oxygen atoms in total. The molecule has 2 heterocycles. The van der Waals surface area contributed by atoms with E-state index < -0.39 is 0 Å². The number of aryl methyl sites for hydroxylation is 1. The lowest BCUT2D eigenvalue weighted by Crippen LogP contribution is -2.36. The van der Waals surface area contributed by atoms with Gasteiger partial charge in [0.15, 0.2) is 5.03 Å². The van der Waals surface area contributed by atoms with Crippen LogP contribution in [0.3, 0.4) is 0 Å². The SMILES string of the molecule is CSc1nc(C)[n+](C)c2c1CCS2. The first-order valence-corrected chi connectivity index (χ1v) is 6.51. The minimum Gasteiger partial charge on any atom is -0.225 e. The summed E-state index contributed by atoms with van der Waals surface area (Å²) in [6.07, 6.45) is 3.28. The molecule has 1 aliphatic heterocycles. The Morgan fingerprint density at radius 2 is 2.31 bits per heavy atom. The summed E-state index contributed by atoms with van der Waals surface area (Å²) < 4.78 is 2.20. The van der Waals surface area contributed by atoms with Gasteiger partial charge in [0.25, 0.3) is 5.82 Å². The average Bonchev–Trinajstić information content (AvgIpc) is 2.60. The van der Waals surface area contributed by atoms with Gasteiger partial charge in [-0.1, -0.05) is 23.5 Å². The first-order valence-electron chi connectivity index (χ1n) is 4.30. The van der Waals surface area contributed by atoms with Crippen molar-refractivity contribution in [3.63, 3.8) is 0 Å². The summed E-state index contributed by atoms with van der Waals surface area (Å²) in [4.78, 5) is 4.58. The van der Waals surface area contributed by atoms with E-state index in [4.69, 9.17) is 0 Å². The van der Waals surface area contributed by atoms with E-state index in [1.165, 1.54) is 27.8 Å². The van der Waals surface area contributed by atoms with Crippen LogP contribution in [0.4, 0.5) is 0 Å². The lowest BCUT2D eigenvalue weighted by Gasteiger charge is -2.02. The van der Waals surface area contributed by atoms with Crippen molar-refractivity contribution in [1.82, 2.24) is 4.98 Å². The smallest absolute Gasteiger partial charge is 0.225 e. The van der Waals surface area contributed by atoms with E-state index in [0.29, 0.717) is 0 Å². The van der Waals surface area contributed by atoms with E-state index in [-0.39, 0.29) is 0 Å². The fourth-order valence-corrected chi connectivity index (χ4v) is 3.48. The van der Waals surface area contributed by atoms with Crippen LogP contribution in [-0.2, 0) is 13.5 Å². The maximum Gasteiger partial charge on any atom is 0.297 e. The van der Waals surface area contributed by atoms with Crippen LogP contribution in [0.1, 0.15) is 11.4 Å². The molecule has 0 aromatic carbocycles. The van der Waals surface area contributed by atoms with Gasteiger partial charge < -0.3 is 0 Å². The number of aromatic nitrogens is 2. The van der Waals surface area contributed by atoms with Gasteiger partial charge in [-0.05, 0) is 17.7 Å². The molecule has 0 radical (unpaired) electrons. The number of rotatable bonds is 1. The minimum absolute atomic E-state index is 1.11. The van der Waals surface area contributed by atoms with Crippen LogP contribution in [0.25, 0.3) is 0 Å². The monoisotopic (exact) mass is 213 g/mol. The molecular formula is C9H13N2S2+. The van der Waals surface area contributed by atoms with Gasteiger partial charge in [0.1, 0.15) is 0 Å². The van der Waals surface area contributed by atoms with Crippen LogP contribution >= 0.6 is 23.5 Å². The lowest BCUT2D eigenvalue weighted by atomic mass is 10.3. The van der Waals surface area contributed by atoms with Crippen LogP contribution < -0.4 is 4.57 Å². The van der Waals surface area contributed by atoms with Crippen molar-refractivity contribution < 1.29 is 4.57 Å². The molecular weight excluding hydrogens is 200 g/mol. The van der Waals surface area contributed by atoms with Crippen LogP contribution in [0.15, 0.2) is 10.1 Å². The molecule has 1 aliphatic rings. The summed E-state index contributed by atoms with van der Waals surface area (Å²) in [5.41, 5.74) is 1.45. The molecule has 0 bridgehead atoms. The van der Waals surface area contributed by atoms with E-state index in [1.54, 1.807) is 11.8 Å². The zero-order valence-electron chi connectivity index (χ0n) is 8.13. The molecule has 0 spiro atoms. The molecule has 13 heavy (non-hydrogen) atoms. The Kier molecular flexibility index (Phi) is 2.51. The van der Waals surface area contributed by atoms with Crippen molar-refractivity contribution in [2.75, 3.05) is 12.0 Å². The van der Waals surface area contributed by atoms with Gasteiger partial charge in [-0.15, -0.1) is 0 Å². The predicted octanol–water partition coefficient (Wildman–Crippen LogP) is 1.58. The van der Waals surface area contributed by atoms with E-state index in [1.807, 2.05) is 11.8 Å². The summed E-state index contributed by atoms with van der Waals surface area (Å²) in [6, 6.07) is 0. The average molecular weight is 213 g/mol.